The molecule has 220 valence electrons. The number of esters is 1. The first-order chi connectivity index (χ1) is 18.3. The fourth-order valence-corrected chi connectivity index (χ4v) is 10.8. The maximum absolute atomic E-state index is 13.8. The summed E-state index contributed by atoms with van der Waals surface area (Å²) in [6.45, 7) is 11.1. The molecule has 0 radical (unpaired) electrons. The summed E-state index contributed by atoms with van der Waals surface area (Å²) in [5, 5.41) is 0. The number of hydrogen-bond donors (Lipinski definition) is 0. The highest BCUT2D eigenvalue weighted by Crippen LogP contribution is 2.69. The Hall–Kier alpha value is -1.28. The van der Waals surface area contributed by atoms with Crippen LogP contribution >= 0.6 is 0 Å². The molecule has 1 unspecified atom stereocenters. The summed E-state index contributed by atoms with van der Waals surface area (Å²) in [4.78, 5) is 40.7. The summed E-state index contributed by atoms with van der Waals surface area (Å²) in [5.74, 6) is 3.18. The van der Waals surface area contributed by atoms with E-state index in [0.717, 1.165) is 38.5 Å². The number of sulfone groups is 1. The lowest BCUT2D eigenvalue weighted by Crippen LogP contribution is -2.59. The second kappa shape index (κ2) is 10.5. The van der Waals surface area contributed by atoms with Gasteiger partial charge in [-0.1, -0.05) is 27.7 Å². The normalized spacial score (nSPS) is 42.8. The van der Waals surface area contributed by atoms with Crippen LogP contribution in [0, 0.1) is 45.8 Å². The predicted octanol–water partition coefficient (Wildman–Crippen LogP) is 4.47. The van der Waals surface area contributed by atoms with E-state index in [2.05, 4.69) is 27.7 Å². The average Bonchev–Trinajstić information content (AvgIpc) is 3.24. The lowest BCUT2D eigenvalue weighted by atomic mass is 9.40. The van der Waals surface area contributed by atoms with Crippen molar-refractivity contribution < 1.29 is 27.5 Å². The van der Waals surface area contributed by atoms with Crippen molar-refractivity contribution in [3.63, 3.8) is 0 Å². The number of ketones is 2. The average molecular weight is 564 g/mol. The van der Waals surface area contributed by atoms with Crippen LogP contribution in [-0.4, -0.2) is 68.6 Å². The van der Waals surface area contributed by atoms with Gasteiger partial charge in [0.05, 0.1) is 11.5 Å². The zero-order valence-electron chi connectivity index (χ0n) is 24.5. The van der Waals surface area contributed by atoms with Crippen molar-refractivity contribution in [2.45, 2.75) is 91.9 Å². The number of carbonyl (C=O) groups excluding carboxylic acids is 3. The fourth-order valence-electron chi connectivity index (χ4n) is 9.57. The van der Waals surface area contributed by atoms with E-state index in [4.69, 9.17) is 4.74 Å². The zero-order chi connectivity index (χ0) is 28.2. The molecule has 0 spiro atoms. The molecule has 0 amide bonds. The fraction of sp³-hybridized carbons (Fsp3) is 0.903. The highest BCUT2D eigenvalue weighted by Gasteiger charge is 2.65. The molecule has 8 heteroatoms. The summed E-state index contributed by atoms with van der Waals surface area (Å²) >= 11 is 0. The highest BCUT2D eigenvalue weighted by atomic mass is 32.2. The number of rotatable bonds is 7. The molecular formula is C31H49NO6S. The number of fused-ring (bicyclic) bond motifs is 5. The Labute approximate surface area is 235 Å². The number of Topliss-reactive ketones (excluding diaryl/α,β-unsaturated/α-hetero) is 2. The molecular weight excluding hydrogens is 514 g/mol. The van der Waals surface area contributed by atoms with Gasteiger partial charge in [0.2, 0.25) is 0 Å². The Morgan fingerprint density at radius 2 is 1.82 bits per heavy atom. The van der Waals surface area contributed by atoms with Gasteiger partial charge in [0.1, 0.15) is 18.2 Å². The molecule has 0 aromatic heterocycles. The first-order valence-electron chi connectivity index (χ1n) is 15.4. The summed E-state index contributed by atoms with van der Waals surface area (Å²) in [7, 11) is -2.90. The minimum Gasteiger partial charge on any atom is -0.464 e. The molecule has 4 saturated carbocycles. The molecule has 0 aromatic carbocycles. The smallest absolute Gasteiger partial charge is 0.305 e. The first-order valence-corrected chi connectivity index (χ1v) is 17.2. The standard InChI is InChI=1S/C31H49NO6S/c1-21(5-6-28(35)38-14-11-32-12-15-39(36,37)16-13-32)22-17-25-24-8-9-29(2)20-23(33)7-10-31(29,4)26(24)18-27(34)30(25,3)19-22/h21-22,24-26H,5-20H2,1-4H3/t21-,22+,24+,25+,26?,29-,30-,31-/m0/s1. The van der Waals surface area contributed by atoms with E-state index in [1.807, 2.05) is 4.90 Å². The van der Waals surface area contributed by atoms with Crippen molar-refractivity contribution in [1.29, 1.82) is 0 Å². The molecule has 0 N–H and O–H groups in total. The van der Waals surface area contributed by atoms with Crippen molar-refractivity contribution >= 4 is 27.4 Å². The van der Waals surface area contributed by atoms with Gasteiger partial charge >= 0.3 is 5.97 Å². The third-order valence-electron chi connectivity index (χ3n) is 12.6. The van der Waals surface area contributed by atoms with Crippen LogP contribution in [-0.2, 0) is 29.0 Å². The van der Waals surface area contributed by atoms with Gasteiger partial charge in [0, 0.05) is 50.7 Å². The SMILES string of the molecule is C[C@@H](CCC(=O)OCCN1CCS(=O)(=O)CC1)[C@@H]1C[C@@H]2[C@H]3CC[C@@]4(C)CC(=O)CC[C@@]4(C)C3CC(=O)[C@@]2(C)C1. The van der Waals surface area contributed by atoms with Crippen LogP contribution in [0.15, 0.2) is 0 Å². The minimum atomic E-state index is -2.90. The number of hydrogen-bond acceptors (Lipinski definition) is 7. The molecule has 1 aliphatic heterocycles. The van der Waals surface area contributed by atoms with Gasteiger partial charge in [-0.15, -0.1) is 0 Å². The lowest BCUT2D eigenvalue weighted by Gasteiger charge is -2.63. The van der Waals surface area contributed by atoms with Gasteiger partial charge in [-0.05, 0) is 78.9 Å². The van der Waals surface area contributed by atoms with Crippen molar-refractivity contribution in [2.75, 3.05) is 37.7 Å². The second-order valence-electron chi connectivity index (χ2n) is 14.6. The number of nitrogens with zero attached hydrogens (tertiary/aromatic N) is 1. The number of ether oxygens (including phenoxy) is 1. The predicted molar refractivity (Wildman–Crippen MR) is 150 cm³/mol. The highest BCUT2D eigenvalue weighted by molar-refractivity contribution is 7.91. The molecule has 1 heterocycles. The lowest BCUT2D eigenvalue weighted by molar-refractivity contribution is -0.169. The van der Waals surface area contributed by atoms with Gasteiger partial charge in [-0.2, -0.15) is 0 Å². The van der Waals surface area contributed by atoms with Crippen molar-refractivity contribution in [3.05, 3.63) is 0 Å². The topological polar surface area (TPSA) is 97.8 Å². The molecule has 5 rings (SSSR count). The van der Waals surface area contributed by atoms with Crippen LogP contribution in [0.1, 0.15) is 91.9 Å². The molecule has 8 atom stereocenters. The van der Waals surface area contributed by atoms with Gasteiger partial charge in [0.15, 0.2) is 9.84 Å². The van der Waals surface area contributed by atoms with Gasteiger partial charge in [-0.3, -0.25) is 19.3 Å². The minimum absolute atomic E-state index is 0.0227. The van der Waals surface area contributed by atoms with Crippen LogP contribution in [0.5, 0.6) is 0 Å². The maximum atomic E-state index is 13.8. The van der Waals surface area contributed by atoms with E-state index in [1.165, 1.54) is 0 Å². The van der Waals surface area contributed by atoms with Gasteiger partial charge < -0.3 is 4.74 Å². The van der Waals surface area contributed by atoms with Crippen LogP contribution in [0.4, 0.5) is 0 Å². The molecule has 0 bridgehead atoms. The monoisotopic (exact) mass is 563 g/mol. The summed E-state index contributed by atoms with van der Waals surface area (Å²) in [6, 6.07) is 0. The third kappa shape index (κ3) is 5.38. The van der Waals surface area contributed by atoms with Crippen molar-refractivity contribution in [3.8, 4) is 0 Å². The van der Waals surface area contributed by atoms with E-state index >= 15 is 0 Å². The first kappa shape index (κ1) is 29.2. The van der Waals surface area contributed by atoms with E-state index in [-0.39, 0.29) is 33.7 Å². The second-order valence-corrected chi connectivity index (χ2v) is 16.9. The Kier molecular flexibility index (Phi) is 7.89. The van der Waals surface area contributed by atoms with Crippen molar-refractivity contribution in [2.24, 2.45) is 45.8 Å². The molecule has 5 fully saturated rings. The van der Waals surface area contributed by atoms with E-state index in [0.29, 0.717) is 93.1 Å². The third-order valence-corrected chi connectivity index (χ3v) is 14.2. The summed E-state index contributed by atoms with van der Waals surface area (Å²) in [5.41, 5.74) is -0.164. The molecule has 4 aliphatic carbocycles. The van der Waals surface area contributed by atoms with E-state index < -0.39 is 9.84 Å². The van der Waals surface area contributed by atoms with E-state index in [1.54, 1.807) is 0 Å². The van der Waals surface area contributed by atoms with Gasteiger partial charge in [0.25, 0.3) is 0 Å². The number of carbonyl (C=O) groups is 3. The zero-order valence-corrected chi connectivity index (χ0v) is 25.3. The molecule has 5 aliphatic rings. The Morgan fingerprint density at radius 3 is 2.54 bits per heavy atom. The molecule has 7 nitrogen and oxygen atoms in total. The van der Waals surface area contributed by atoms with Crippen LogP contribution in [0.3, 0.4) is 0 Å². The van der Waals surface area contributed by atoms with Gasteiger partial charge in [-0.25, -0.2) is 8.42 Å². The molecule has 39 heavy (non-hydrogen) atoms. The van der Waals surface area contributed by atoms with Crippen LogP contribution in [0.2, 0.25) is 0 Å². The van der Waals surface area contributed by atoms with Crippen molar-refractivity contribution in [1.82, 2.24) is 4.90 Å². The largest absolute Gasteiger partial charge is 0.464 e. The molecule has 1 saturated heterocycles. The van der Waals surface area contributed by atoms with E-state index in [9.17, 15) is 22.8 Å². The Balaban J connectivity index is 1.14. The summed E-state index contributed by atoms with van der Waals surface area (Å²) in [6.07, 6.45) is 8.34. The van der Waals surface area contributed by atoms with Crippen LogP contribution < -0.4 is 0 Å². The van der Waals surface area contributed by atoms with Crippen LogP contribution in [0.25, 0.3) is 0 Å². The molecule has 0 aromatic rings. The Morgan fingerprint density at radius 1 is 1.10 bits per heavy atom. The maximum Gasteiger partial charge on any atom is 0.305 e. The quantitative estimate of drug-likeness (QED) is 0.422. The Bertz CT molecular complexity index is 1090. The summed E-state index contributed by atoms with van der Waals surface area (Å²) < 4.78 is 28.6.